The van der Waals surface area contributed by atoms with E-state index in [0.29, 0.717) is 0 Å². The van der Waals surface area contributed by atoms with Crippen molar-refractivity contribution in [1.82, 2.24) is 0 Å². The van der Waals surface area contributed by atoms with Gasteiger partial charge in [0.2, 0.25) is 0 Å². The normalized spacial score (nSPS) is 9.43. The maximum atomic E-state index is 12.7. The van der Waals surface area contributed by atoms with Crippen molar-refractivity contribution in [2.45, 2.75) is 20.8 Å². The molecule has 1 aromatic carbocycles. The van der Waals surface area contributed by atoms with Gasteiger partial charge in [-0.05, 0) is 22.9 Å². The van der Waals surface area contributed by atoms with Crippen LogP contribution in [0.4, 0.5) is 13.2 Å². The topological polar surface area (TPSA) is 0 Å². The van der Waals surface area contributed by atoms with E-state index in [2.05, 4.69) is 15.9 Å². The Bertz CT molecular complexity index is 234. The zero-order chi connectivity index (χ0) is 11.5. The highest BCUT2D eigenvalue weighted by Crippen LogP contribution is 2.32. The minimum absolute atomic E-state index is 0.0422. The molecule has 1 aromatic rings. The Morgan fingerprint density at radius 1 is 1.00 bits per heavy atom. The van der Waals surface area contributed by atoms with Crippen molar-refractivity contribution >= 4 is 27.5 Å². The van der Waals surface area contributed by atoms with Gasteiger partial charge in [0.25, 0.3) is 0 Å². The molecule has 0 bridgehead atoms. The van der Waals surface area contributed by atoms with Crippen LogP contribution in [0.5, 0.6) is 0 Å². The maximum absolute atomic E-state index is 12.7. The fourth-order valence-electron chi connectivity index (χ4n) is 0.715. The number of halogens is 5. The van der Waals surface area contributed by atoms with Gasteiger partial charge < -0.3 is 0 Å². The van der Waals surface area contributed by atoms with E-state index >= 15 is 0 Å². The first-order valence-electron chi connectivity index (χ1n) is 3.94. The molecule has 1 rings (SSSR count). The van der Waals surface area contributed by atoms with Gasteiger partial charge in [-0.2, -0.15) is 0 Å². The van der Waals surface area contributed by atoms with E-state index in [0.717, 1.165) is 0 Å². The number of hydrogen-bond acceptors (Lipinski definition) is 0. The van der Waals surface area contributed by atoms with Crippen LogP contribution in [0.3, 0.4) is 0 Å². The molecule has 0 spiro atoms. The summed E-state index contributed by atoms with van der Waals surface area (Å²) in [6.45, 7) is 5.30. The van der Waals surface area contributed by atoms with E-state index in [1.54, 1.807) is 0 Å². The summed E-state index contributed by atoms with van der Waals surface area (Å²) < 4.78 is 38.0. The Balaban J connectivity index is 0.000000791. The highest BCUT2D eigenvalue weighted by atomic mass is 79.9. The molecular weight excluding hydrogens is 280 g/mol. The third kappa shape index (κ3) is 2.42. The number of benzene rings is 1. The van der Waals surface area contributed by atoms with Crippen molar-refractivity contribution in [2.24, 2.45) is 0 Å². The van der Waals surface area contributed by atoms with Gasteiger partial charge in [0.1, 0.15) is 0 Å². The summed E-state index contributed by atoms with van der Waals surface area (Å²) >= 11 is 8.17. The third-order valence-corrected chi connectivity index (χ3v) is 3.00. The summed E-state index contributed by atoms with van der Waals surface area (Å²) in [5, 5.41) is -0.439. The second kappa shape index (κ2) is 5.61. The van der Waals surface area contributed by atoms with Gasteiger partial charge in [-0.15, -0.1) is 0 Å². The van der Waals surface area contributed by atoms with Crippen molar-refractivity contribution in [3.8, 4) is 0 Å². The molecule has 0 aliphatic rings. The Hall–Kier alpha value is -0.220. The van der Waals surface area contributed by atoms with Crippen molar-refractivity contribution in [3.63, 3.8) is 0 Å². The van der Waals surface area contributed by atoms with Gasteiger partial charge in [-0.25, -0.2) is 13.2 Å². The third-order valence-electron chi connectivity index (χ3n) is 1.43. The first-order valence-corrected chi connectivity index (χ1v) is 5.12. The summed E-state index contributed by atoms with van der Waals surface area (Å²) in [6.07, 6.45) is 0. The largest absolute Gasteiger partial charge is 0.203 e. The predicted octanol–water partition coefficient (Wildman–Crippen LogP) is 4.85. The number of rotatable bonds is 0. The van der Waals surface area contributed by atoms with Gasteiger partial charge in [0, 0.05) is 10.0 Å². The molecule has 0 aliphatic carbocycles. The number of hydrogen-bond donors (Lipinski definition) is 0. The molecule has 0 atom stereocenters. The predicted molar refractivity (Wildman–Crippen MR) is 55.1 cm³/mol. The van der Waals surface area contributed by atoms with Crippen LogP contribution in [0.25, 0.3) is 0 Å². The quantitative estimate of drug-likeness (QED) is 0.473. The molecule has 0 saturated carbocycles. The molecule has 0 aliphatic heterocycles. The van der Waals surface area contributed by atoms with Gasteiger partial charge in [0.05, 0.1) is 5.02 Å². The average Bonchev–Trinajstić information content (AvgIpc) is 2.24. The Kier molecular flexibility index (Phi) is 5.52. The van der Waals surface area contributed by atoms with E-state index in [4.69, 9.17) is 11.6 Å². The first-order chi connectivity index (χ1) is 6.46. The molecule has 0 radical (unpaired) electrons. The zero-order valence-electron chi connectivity index (χ0n) is 7.89. The van der Waals surface area contributed by atoms with Crippen LogP contribution >= 0.6 is 27.5 Å². The Morgan fingerprint density at radius 2 is 1.43 bits per heavy atom. The van der Waals surface area contributed by atoms with Crippen LogP contribution in [0, 0.1) is 24.4 Å². The van der Waals surface area contributed by atoms with Crippen LogP contribution in [0.15, 0.2) is 4.47 Å². The van der Waals surface area contributed by atoms with E-state index in [-0.39, 0.29) is 10.0 Å². The van der Waals surface area contributed by atoms with Crippen LogP contribution < -0.4 is 0 Å². The lowest BCUT2D eigenvalue weighted by Crippen LogP contribution is -1.96. The van der Waals surface area contributed by atoms with E-state index < -0.39 is 22.5 Å². The van der Waals surface area contributed by atoms with Crippen LogP contribution in [-0.2, 0) is 0 Å². The molecule has 5 heteroatoms. The van der Waals surface area contributed by atoms with Crippen molar-refractivity contribution < 1.29 is 13.2 Å². The van der Waals surface area contributed by atoms with Crippen LogP contribution in [-0.4, -0.2) is 0 Å². The highest BCUT2D eigenvalue weighted by Gasteiger charge is 2.19. The molecule has 0 amide bonds. The fraction of sp³-hybridized carbons (Fsp3) is 0.333. The lowest BCUT2D eigenvalue weighted by atomic mass is 10.2. The minimum Gasteiger partial charge on any atom is -0.203 e. The average molecular weight is 290 g/mol. The molecule has 0 nitrogen and oxygen atoms in total. The maximum Gasteiger partial charge on any atom is 0.196 e. The molecule has 80 valence electrons. The van der Waals surface area contributed by atoms with Crippen molar-refractivity contribution in [1.29, 1.82) is 0 Å². The monoisotopic (exact) mass is 288 g/mol. The molecule has 0 unspecified atom stereocenters. The minimum atomic E-state index is -1.54. The van der Waals surface area contributed by atoms with Crippen molar-refractivity contribution in [3.05, 3.63) is 32.5 Å². The Morgan fingerprint density at radius 3 is 1.86 bits per heavy atom. The lowest BCUT2D eigenvalue weighted by molar-refractivity contribution is 0.442. The molecule has 0 fully saturated rings. The molecule has 14 heavy (non-hydrogen) atoms. The summed E-state index contributed by atoms with van der Waals surface area (Å²) in [6, 6.07) is 0. The smallest absolute Gasteiger partial charge is 0.196 e. The van der Waals surface area contributed by atoms with Crippen LogP contribution in [0.2, 0.25) is 5.02 Å². The zero-order valence-corrected chi connectivity index (χ0v) is 10.2. The summed E-state index contributed by atoms with van der Waals surface area (Å²) in [4.78, 5) is 0. The molecule has 0 aromatic heterocycles. The molecule has 0 heterocycles. The SMILES string of the molecule is CC.Cc1c(F)c(F)c(F)c(Cl)c1Br. The van der Waals surface area contributed by atoms with E-state index in [1.807, 2.05) is 13.8 Å². The second-order valence-electron chi connectivity index (χ2n) is 2.19. The Labute approximate surface area is 94.2 Å². The highest BCUT2D eigenvalue weighted by molar-refractivity contribution is 9.10. The van der Waals surface area contributed by atoms with Crippen molar-refractivity contribution in [2.75, 3.05) is 0 Å². The fourth-order valence-corrected chi connectivity index (χ4v) is 1.29. The van der Waals surface area contributed by atoms with E-state index in [9.17, 15) is 13.2 Å². The molecule has 0 N–H and O–H groups in total. The second-order valence-corrected chi connectivity index (χ2v) is 3.37. The van der Waals surface area contributed by atoms with Crippen LogP contribution in [0.1, 0.15) is 19.4 Å². The van der Waals surface area contributed by atoms with E-state index in [1.165, 1.54) is 6.92 Å². The standard InChI is InChI=1S/C7H3BrClF3.C2H6/c1-2-3(8)4(9)6(11)7(12)5(2)10;1-2/h1H3;1-2H3. The summed E-state index contributed by atoms with van der Waals surface area (Å²) in [5.74, 6) is -4.13. The summed E-state index contributed by atoms with van der Waals surface area (Å²) in [7, 11) is 0. The first kappa shape index (κ1) is 13.8. The molecular formula is C9H9BrClF3. The van der Waals surface area contributed by atoms with Gasteiger partial charge in [0.15, 0.2) is 17.5 Å². The van der Waals surface area contributed by atoms with Gasteiger partial charge in [-0.1, -0.05) is 25.4 Å². The van der Waals surface area contributed by atoms with Gasteiger partial charge >= 0.3 is 0 Å². The lowest BCUT2D eigenvalue weighted by Gasteiger charge is -2.04. The van der Waals surface area contributed by atoms with Gasteiger partial charge in [-0.3, -0.25) is 0 Å². The molecule has 0 saturated heterocycles. The summed E-state index contributed by atoms with van der Waals surface area (Å²) in [5.41, 5.74) is -0.0427.